The van der Waals surface area contributed by atoms with E-state index in [4.69, 9.17) is 23.2 Å². The number of nitrogens with zero attached hydrogens (tertiary/aromatic N) is 3. The van der Waals surface area contributed by atoms with Gasteiger partial charge in [-0.3, -0.25) is 0 Å². The second-order valence-corrected chi connectivity index (χ2v) is 6.65. The molecule has 0 aliphatic heterocycles. The number of nitrogens with one attached hydrogen (secondary N) is 1. The van der Waals surface area contributed by atoms with Gasteiger partial charge in [-0.1, -0.05) is 29.3 Å². The summed E-state index contributed by atoms with van der Waals surface area (Å²) in [6, 6.07) is 6.97. The second-order valence-electron chi connectivity index (χ2n) is 4.98. The number of aliphatic hydroxyl groups excluding tert-OH is 1. The highest BCUT2D eigenvalue weighted by Crippen LogP contribution is 2.27. The Morgan fingerprint density at radius 2 is 2.09 bits per heavy atom. The first-order valence-electron chi connectivity index (χ1n) is 6.91. The number of hydrogen-bond donors (Lipinski definition) is 2. The van der Waals surface area contributed by atoms with Crippen LogP contribution in [0.2, 0.25) is 10.0 Å². The molecule has 0 saturated carbocycles. The van der Waals surface area contributed by atoms with Crippen LogP contribution in [0.15, 0.2) is 41.1 Å². The summed E-state index contributed by atoms with van der Waals surface area (Å²) in [6.45, 7) is 0.566. The fourth-order valence-corrected chi connectivity index (χ4v) is 2.83. The highest BCUT2D eigenvalue weighted by atomic mass is 79.9. The van der Waals surface area contributed by atoms with Crippen LogP contribution in [0, 0.1) is 0 Å². The summed E-state index contributed by atoms with van der Waals surface area (Å²) in [6.07, 6.45) is 3.42. The molecule has 2 heterocycles. The molecule has 23 heavy (non-hydrogen) atoms. The zero-order valence-corrected chi connectivity index (χ0v) is 15.0. The normalized spacial score (nSPS) is 12.5. The van der Waals surface area contributed by atoms with Gasteiger partial charge in [-0.05, 0) is 46.1 Å². The quantitative estimate of drug-likeness (QED) is 0.650. The van der Waals surface area contributed by atoms with E-state index in [1.165, 1.54) is 0 Å². The lowest BCUT2D eigenvalue weighted by Gasteiger charge is -2.13. The second kappa shape index (κ2) is 7.05. The van der Waals surface area contributed by atoms with Crippen molar-refractivity contribution in [2.75, 3.05) is 11.9 Å². The van der Waals surface area contributed by atoms with Gasteiger partial charge in [0, 0.05) is 12.7 Å². The van der Waals surface area contributed by atoms with Crippen molar-refractivity contribution in [3.63, 3.8) is 0 Å². The van der Waals surface area contributed by atoms with Crippen molar-refractivity contribution in [1.82, 2.24) is 14.6 Å². The summed E-state index contributed by atoms with van der Waals surface area (Å²) >= 11 is 15.2. The van der Waals surface area contributed by atoms with Gasteiger partial charge in [-0.2, -0.15) is 5.10 Å². The Balaban J connectivity index is 1.61. The Bertz CT molecular complexity index is 839. The summed E-state index contributed by atoms with van der Waals surface area (Å²) in [4.78, 5) is 4.45. The largest absolute Gasteiger partial charge is 0.388 e. The Labute approximate surface area is 151 Å². The molecule has 0 bridgehead atoms. The number of benzene rings is 1. The molecule has 120 valence electrons. The van der Waals surface area contributed by atoms with Gasteiger partial charge in [0.25, 0.3) is 0 Å². The van der Waals surface area contributed by atoms with Crippen LogP contribution in [0.5, 0.6) is 0 Å². The van der Waals surface area contributed by atoms with Gasteiger partial charge in [0.1, 0.15) is 5.82 Å². The molecule has 8 heteroatoms. The molecule has 0 fully saturated rings. The maximum atomic E-state index is 10.2. The maximum absolute atomic E-state index is 10.2. The Hall–Kier alpha value is -1.34. The van der Waals surface area contributed by atoms with E-state index in [0.717, 1.165) is 21.5 Å². The number of rotatable bonds is 5. The zero-order chi connectivity index (χ0) is 16.4. The number of aliphatic hydroxyl groups is 1. The van der Waals surface area contributed by atoms with Gasteiger partial charge in [0.05, 0.1) is 26.8 Å². The highest BCUT2D eigenvalue weighted by molar-refractivity contribution is 9.10. The molecular formula is C15H13BrCl2N4O. The standard InChI is InChI=1S/C15H13BrCl2N4O/c16-10-8-20-22-6-4-14(21-15(10)22)19-5-3-13(23)9-1-2-11(17)12(18)7-9/h1-2,4,6-8,13,23H,3,5H2,(H,19,21). The number of anilines is 1. The Morgan fingerprint density at radius 3 is 2.87 bits per heavy atom. The average molecular weight is 416 g/mol. The lowest BCUT2D eigenvalue weighted by molar-refractivity contribution is 0.171. The topological polar surface area (TPSA) is 62.5 Å². The third-order valence-electron chi connectivity index (χ3n) is 3.38. The van der Waals surface area contributed by atoms with Crippen molar-refractivity contribution in [2.45, 2.75) is 12.5 Å². The minimum atomic E-state index is -0.622. The Kier molecular flexibility index (Phi) is 5.06. The third-order valence-corrected chi connectivity index (χ3v) is 4.68. The molecule has 1 atom stereocenters. The van der Waals surface area contributed by atoms with Gasteiger partial charge in [-0.15, -0.1) is 0 Å². The number of fused-ring (bicyclic) bond motifs is 1. The first kappa shape index (κ1) is 16.5. The molecule has 1 unspecified atom stereocenters. The van der Waals surface area contributed by atoms with Crippen LogP contribution in [0.25, 0.3) is 5.65 Å². The predicted molar refractivity (Wildman–Crippen MR) is 95.2 cm³/mol. The summed E-state index contributed by atoms with van der Waals surface area (Å²) in [5, 5.41) is 18.5. The minimum absolute atomic E-state index is 0.439. The van der Waals surface area contributed by atoms with Crippen molar-refractivity contribution in [3.8, 4) is 0 Å². The van der Waals surface area contributed by atoms with Gasteiger partial charge in [-0.25, -0.2) is 9.50 Å². The first-order chi connectivity index (χ1) is 11.0. The van der Waals surface area contributed by atoms with Crippen LogP contribution >= 0.6 is 39.1 Å². The van der Waals surface area contributed by atoms with Crippen LogP contribution in [0.1, 0.15) is 18.1 Å². The molecule has 0 radical (unpaired) electrons. The van der Waals surface area contributed by atoms with Crippen LogP contribution in [-0.4, -0.2) is 26.2 Å². The van der Waals surface area contributed by atoms with E-state index in [1.807, 2.05) is 12.3 Å². The average Bonchev–Trinajstić information content (AvgIpc) is 2.91. The van der Waals surface area contributed by atoms with Gasteiger partial charge in [0.2, 0.25) is 0 Å². The van der Waals surface area contributed by atoms with Crippen molar-refractivity contribution < 1.29 is 5.11 Å². The van der Waals surface area contributed by atoms with Crippen molar-refractivity contribution in [2.24, 2.45) is 0 Å². The zero-order valence-electron chi connectivity index (χ0n) is 11.9. The van der Waals surface area contributed by atoms with E-state index in [9.17, 15) is 5.11 Å². The SMILES string of the molecule is OC(CCNc1ccn2ncc(Br)c2n1)c1ccc(Cl)c(Cl)c1. The third kappa shape index (κ3) is 3.77. The van der Waals surface area contributed by atoms with Crippen molar-refractivity contribution >= 4 is 50.6 Å². The van der Waals surface area contributed by atoms with E-state index in [-0.39, 0.29) is 0 Å². The molecule has 0 saturated heterocycles. The minimum Gasteiger partial charge on any atom is -0.388 e. The summed E-state index contributed by atoms with van der Waals surface area (Å²) < 4.78 is 2.51. The van der Waals surface area contributed by atoms with Crippen molar-refractivity contribution in [1.29, 1.82) is 0 Å². The summed E-state index contributed by atoms with van der Waals surface area (Å²) in [5.74, 6) is 0.722. The monoisotopic (exact) mass is 414 g/mol. The Morgan fingerprint density at radius 1 is 1.26 bits per heavy atom. The summed E-state index contributed by atoms with van der Waals surface area (Å²) in [7, 11) is 0. The van der Waals surface area contributed by atoms with Crippen LogP contribution in [-0.2, 0) is 0 Å². The van der Waals surface area contributed by atoms with Gasteiger partial charge < -0.3 is 10.4 Å². The molecule has 3 aromatic rings. The molecule has 5 nitrogen and oxygen atoms in total. The molecule has 3 rings (SSSR count). The van der Waals surface area contributed by atoms with E-state index in [0.29, 0.717) is 23.0 Å². The number of hydrogen-bond acceptors (Lipinski definition) is 4. The van der Waals surface area contributed by atoms with E-state index >= 15 is 0 Å². The lowest BCUT2D eigenvalue weighted by atomic mass is 10.1. The van der Waals surface area contributed by atoms with Crippen LogP contribution < -0.4 is 5.32 Å². The van der Waals surface area contributed by atoms with Crippen LogP contribution in [0.3, 0.4) is 0 Å². The lowest BCUT2D eigenvalue weighted by Crippen LogP contribution is -2.09. The van der Waals surface area contributed by atoms with Gasteiger partial charge in [0.15, 0.2) is 5.65 Å². The van der Waals surface area contributed by atoms with E-state index in [2.05, 4.69) is 31.3 Å². The fourth-order valence-electron chi connectivity index (χ4n) is 2.16. The predicted octanol–water partition coefficient (Wildman–Crippen LogP) is 4.33. The van der Waals surface area contributed by atoms with Gasteiger partial charge >= 0.3 is 0 Å². The maximum Gasteiger partial charge on any atom is 0.171 e. The highest BCUT2D eigenvalue weighted by Gasteiger charge is 2.10. The molecule has 2 aromatic heterocycles. The smallest absolute Gasteiger partial charge is 0.171 e. The first-order valence-corrected chi connectivity index (χ1v) is 8.46. The summed E-state index contributed by atoms with van der Waals surface area (Å²) in [5.41, 5.74) is 1.48. The molecule has 2 N–H and O–H groups in total. The molecule has 0 aliphatic rings. The molecule has 1 aromatic carbocycles. The molecule has 0 spiro atoms. The molecule has 0 aliphatic carbocycles. The van der Waals surface area contributed by atoms with Crippen LogP contribution in [0.4, 0.5) is 5.82 Å². The molecular weight excluding hydrogens is 403 g/mol. The van der Waals surface area contributed by atoms with E-state index in [1.54, 1.807) is 28.9 Å². The molecule has 0 amide bonds. The fraction of sp³-hybridized carbons (Fsp3) is 0.200. The number of halogens is 3. The number of aromatic nitrogens is 3. The van der Waals surface area contributed by atoms with Crippen molar-refractivity contribution in [3.05, 3.63) is 56.7 Å². The van der Waals surface area contributed by atoms with E-state index < -0.39 is 6.10 Å².